The van der Waals surface area contributed by atoms with Gasteiger partial charge in [0.15, 0.2) is 5.11 Å². The number of hydrogen-bond acceptors (Lipinski definition) is 7. The minimum Gasteiger partial charge on any atom is -0.385 e. The lowest BCUT2D eigenvalue weighted by Gasteiger charge is -2.29. The third kappa shape index (κ3) is 5.16. The van der Waals surface area contributed by atoms with Crippen LogP contribution in [0.4, 0.5) is 17.6 Å². The summed E-state index contributed by atoms with van der Waals surface area (Å²) in [5, 5.41) is 6.85. The van der Waals surface area contributed by atoms with Crippen LogP contribution in [0.2, 0.25) is 0 Å². The number of rotatable bonds is 7. The molecule has 0 radical (unpaired) electrons. The molecule has 0 atom stereocenters. The van der Waals surface area contributed by atoms with Gasteiger partial charge in [-0.15, -0.1) is 0 Å². The third-order valence-corrected chi connectivity index (χ3v) is 5.48. The molecule has 2 aromatic rings. The van der Waals surface area contributed by atoms with Gasteiger partial charge in [0.1, 0.15) is 11.6 Å². The van der Waals surface area contributed by atoms with Gasteiger partial charge >= 0.3 is 0 Å². The maximum absolute atomic E-state index is 5.50. The number of nitrogens with one attached hydrogen (secondary N) is 2. The topological polar surface area (TPSA) is 74.8 Å². The summed E-state index contributed by atoms with van der Waals surface area (Å²) in [5.74, 6) is 2.30. The van der Waals surface area contributed by atoms with Crippen LogP contribution < -0.4 is 20.4 Å². The first-order valence-corrected chi connectivity index (χ1v) is 10.7. The van der Waals surface area contributed by atoms with Crippen molar-refractivity contribution >= 4 is 34.9 Å². The molecule has 30 heavy (non-hydrogen) atoms. The molecule has 2 aliphatic heterocycles. The lowest BCUT2D eigenvalue weighted by Crippen LogP contribution is -2.37. The number of benzene rings is 1. The maximum atomic E-state index is 5.50. The summed E-state index contributed by atoms with van der Waals surface area (Å²) < 4.78 is 10.6. The molecule has 0 unspecified atom stereocenters. The number of hydrogen-bond donors (Lipinski definition) is 2. The molecule has 1 aromatic carbocycles. The van der Waals surface area contributed by atoms with Crippen molar-refractivity contribution in [3.8, 4) is 0 Å². The number of anilines is 3. The van der Waals surface area contributed by atoms with Crippen molar-refractivity contribution in [3.05, 3.63) is 41.5 Å². The van der Waals surface area contributed by atoms with Gasteiger partial charge < -0.3 is 29.9 Å². The van der Waals surface area contributed by atoms with Crippen LogP contribution in [0, 0.1) is 0 Å². The van der Waals surface area contributed by atoms with Gasteiger partial charge in [0.2, 0.25) is 5.95 Å². The van der Waals surface area contributed by atoms with Crippen molar-refractivity contribution in [2.45, 2.75) is 19.5 Å². The highest BCUT2D eigenvalue weighted by Crippen LogP contribution is 2.29. The third-order valence-electron chi connectivity index (χ3n) is 5.24. The van der Waals surface area contributed by atoms with Crippen LogP contribution in [-0.4, -0.2) is 61.6 Å². The lowest BCUT2D eigenvalue weighted by molar-refractivity contribution is 0.122. The first-order chi connectivity index (χ1) is 14.7. The van der Waals surface area contributed by atoms with Crippen LogP contribution >= 0.6 is 12.2 Å². The van der Waals surface area contributed by atoms with E-state index in [0.29, 0.717) is 30.9 Å². The van der Waals surface area contributed by atoms with Crippen LogP contribution in [-0.2, 0) is 22.6 Å². The Hall–Kier alpha value is -2.49. The van der Waals surface area contributed by atoms with E-state index >= 15 is 0 Å². The first-order valence-electron chi connectivity index (χ1n) is 10.3. The minimum atomic E-state index is 0.509. The second kappa shape index (κ2) is 10.0. The van der Waals surface area contributed by atoms with E-state index < -0.39 is 0 Å². The predicted molar refractivity (Wildman–Crippen MR) is 122 cm³/mol. The standard InChI is InChI=1S/C21H28N6O2S/c1-28-10-4-7-22-21(30)25-20-23-18(26-8-11-29-12-9-26)13-19(24-20)27-14-16-5-2-3-6-17(16)15-27/h2-3,5-6,13H,4,7-12,14-15H2,1H3,(H2,22,23,24,25,30). The summed E-state index contributed by atoms with van der Waals surface area (Å²) in [6.45, 7) is 6.15. The Morgan fingerprint density at radius 3 is 2.43 bits per heavy atom. The summed E-state index contributed by atoms with van der Waals surface area (Å²) in [7, 11) is 1.69. The zero-order valence-corrected chi connectivity index (χ0v) is 18.1. The van der Waals surface area contributed by atoms with Gasteiger partial charge in [0.05, 0.1) is 13.2 Å². The first kappa shape index (κ1) is 20.8. The van der Waals surface area contributed by atoms with E-state index in [1.807, 2.05) is 0 Å². The maximum Gasteiger partial charge on any atom is 0.232 e. The lowest BCUT2D eigenvalue weighted by atomic mass is 10.1. The predicted octanol–water partition coefficient (Wildman–Crippen LogP) is 2.16. The van der Waals surface area contributed by atoms with Crippen molar-refractivity contribution in [2.24, 2.45) is 0 Å². The van der Waals surface area contributed by atoms with Gasteiger partial charge in [-0.05, 0) is 29.8 Å². The molecule has 160 valence electrons. The molecular weight excluding hydrogens is 400 g/mol. The number of fused-ring (bicyclic) bond motifs is 1. The van der Waals surface area contributed by atoms with Crippen molar-refractivity contribution in [1.29, 1.82) is 0 Å². The minimum absolute atomic E-state index is 0.509. The number of aromatic nitrogens is 2. The Balaban J connectivity index is 1.52. The molecule has 1 fully saturated rings. The van der Waals surface area contributed by atoms with Gasteiger partial charge in [0, 0.05) is 52.5 Å². The molecule has 0 aliphatic carbocycles. The summed E-state index contributed by atoms with van der Waals surface area (Å²) in [5.41, 5.74) is 2.68. The van der Waals surface area contributed by atoms with E-state index in [9.17, 15) is 0 Å². The van der Waals surface area contributed by atoms with E-state index in [0.717, 1.165) is 50.8 Å². The second-order valence-corrected chi connectivity index (χ2v) is 7.77. The summed E-state index contributed by atoms with van der Waals surface area (Å²) in [6, 6.07) is 10.6. The van der Waals surface area contributed by atoms with Gasteiger partial charge in [-0.1, -0.05) is 24.3 Å². The Labute approximate surface area is 182 Å². The van der Waals surface area contributed by atoms with Crippen molar-refractivity contribution < 1.29 is 9.47 Å². The zero-order chi connectivity index (χ0) is 20.8. The van der Waals surface area contributed by atoms with E-state index in [1.54, 1.807) is 7.11 Å². The average Bonchev–Trinajstić information content (AvgIpc) is 3.22. The monoisotopic (exact) mass is 428 g/mol. The Morgan fingerprint density at radius 1 is 1.10 bits per heavy atom. The number of ether oxygens (including phenoxy) is 2. The quantitative estimate of drug-likeness (QED) is 0.510. The highest BCUT2D eigenvalue weighted by molar-refractivity contribution is 7.80. The van der Waals surface area contributed by atoms with Crippen LogP contribution in [0.3, 0.4) is 0 Å². The molecule has 1 saturated heterocycles. The average molecular weight is 429 g/mol. The largest absolute Gasteiger partial charge is 0.385 e. The van der Waals surface area contributed by atoms with Crippen LogP contribution in [0.5, 0.6) is 0 Å². The van der Waals surface area contributed by atoms with Crippen LogP contribution in [0.25, 0.3) is 0 Å². The summed E-state index contributed by atoms with van der Waals surface area (Å²) in [4.78, 5) is 14.0. The fourth-order valence-corrected chi connectivity index (χ4v) is 3.85. The molecule has 0 spiro atoms. The van der Waals surface area contributed by atoms with E-state index in [2.05, 4.69) is 50.8 Å². The van der Waals surface area contributed by atoms with Gasteiger partial charge in [-0.3, -0.25) is 0 Å². The Kier molecular flexibility index (Phi) is 6.93. The Bertz CT molecular complexity index is 849. The molecule has 9 heteroatoms. The van der Waals surface area contributed by atoms with Crippen molar-refractivity contribution in [2.75, 3.05) is 61.7 Å². The number of morpholine rings is 1. The van der Waals surface area contributed by atoms with Crippen molar-refractivity contribution in [1.82, 2.24) is 15.3 Å². The number of methoxy groups -OCH3 is 1. The van der Waals surface area contributed by atoms with Crippen molar-refractivity contribution in [3.63, 3.8) is 0 Å². The SMILES string of the molecule is COCCCNC(=S)Nc1nc(N2CCOCC2)cc(N2Cc3ccccc3C2)n1. The fraction of sp³-hybridized carbons (Fsp3) is 0.476. The molecule has 2 N–H and O–H groups in total. The number of nitrogens with zero attached hydrogens (tertiary/aromatic N) is 4. The molecular formula is C21H28N6O2S. The van der Waals surface area contributed by atoms with Crippen LogP contribution in [0.1, 0.15) is 17.5 Å². The molecule has 3 heterocycles. The molecule has 0 bridgehead atoms. The van der Waals surface area contributed by atoms with Gasteiger partial charge in [-0.2, -0.15) is 9.97 Å². The molecule has 1 aromatic heterocycles. The van der Waals surface area contributed by atoms with E-state index in [1.165, 1.54) is 11.1 Å². The smallest absolute Gasteiger partial charge is 0.232 e. The molecule has 0 amide bonds. The van der Waals surface area contributed by atoms with Gasteiger partial charge in [-0.25, -0.2) is 0 Å². The second-order valence-electron chi connectivity index (χ2n) is 7.36. The molecule has 2 aliphatic rings. The van der Waals surface area contributed by atoms with E-state index in [4.69, 9.17) is 31.7 Å². The zero-order valence-electron chi connectivity index (χ0n) is 17.3. The Morgan fingerprint density at radius 2 is 1.77 bits per heavy atom. The van der Waals surface area contributed by atoms with Gasteiger partial charge in [0.25, 0.3) is 0 Å². The molecule has 0 saturated carbocycles. The highest BCUT2D eigenvalue weighted by Gasteiger charge is 2.23. The normalized spacial score (nSPS) is 15.8. The van der Waals surface area contributed by atoms with Crippen LogP contribution in [0.15, 0.2) is 30.3 Å². The van der Waals surface area contributed by atoms with E-state index in [-0.39, 0.29) is 0 Å². The molecule has 8 nitrogen and oxygen atoms in total. The molecule has 4 rings (SSSR count). The number of thiocarbonyl (C=S) groups is 1. The highest BCUT2D eigenvalue weighted by atomic mass is 32.1. The summed E-state index contributed by atoms with van der Waals surface area (Å²) >= 11 is 5.43. The summed E-state index contributed by atoms with van der Waals surface area (Å²) in [6.07, 6.45) is 0.879. The fourth-order valence-electron chi connectivity index (χ4n) is 3.65.